The monoisotopic (exact) mass is 274 g/mol. The van der Waals surface area contributed by atoms with Crippen molar-refractivity contribution in [1.29, 1.82) is 5.26 Å². The first kappa shape index (κ1) is 13.4. The Morgan fingerprint density at radius 3 is 2.74 bits per heavy atom. The molecule has 0 heterocycles. The van der Waals surface area contributed by atoms with Crippen molar-refractivity contribution in [3.8, 4) is 6.07 Å². The Balaban J connectivity index is 2.16. The van der Waals surface area contributed by atoms with Crippen molar-refractivity contribution in [2.75, 3.05) is 5.32 Å². The van der Waals surface area contributed by atoms with Crippen molar-refractivity contribution in [1.82, 2.24) is 0 Å². The summed E-state index contributed by atoms with van der Waals surface area (Å²) in [4.78, 5) is 0. The summed E-state index contributed by atoms with van der Waals surface area (Å²) in [6, 6.07) is 11.8. The summed E-state index contributed by atoms with van der Waals surface area (Å²) in [6.45, 7) is 2.44. The lowest BCUT2D eigenvalue weighted by molar-refractivity contribution is 0.627. The van der Waals surface area contributed by atoms with Gasteiger partial charge in [0.1, 0.15) is 5.82 Å². The summed E-state index contributed by atoms with van der Waals surface area (Å²) in [6.07, 6.45) is 0. The fourth-order valence-electron chi connectivity index (χ4n) is 1.74. The average molecular weight is 275 g/mol. The van der Waals surface area contributed by atoms with Gasteiger partial charge in [0.05, 0.1) is 11.6 Å². The van der Waals surface area contributed by atoms with Gasteiger partial charge >= 0.3 is 0 Å². The highest BCUT2D eigenvalue weighted by atomic mass is 35.5. The number of nitrogens with zero attached hydrogens (tertiary/aromatic N) is 1. The van der Waals surface area contributed by atoms with E-state index in [2.05, 4.69) is 11.4 Å². The molecule has 0 aliphatic carbocycles. The lowest BCUT2D eigenvalue weighted by atomic mass is 10.1. The van der Waals surface area contributed by atoms with E-state index in [9.17, 15) is 4.39 Å². The predicted molar refractivity (Wildman–Crippen MR) is 74.6 cm³/mol. The highest BCUT2D eigenvalue weighted by Gasteiger charge is 2.04. The van der Waals surface area contributed by atoms with Gasteiger partial charge in [-0.05, 0) is 42.3 Å². The molecule has 1 N–H and O–H groups in total. The van der Waals surface area contributed by atoms with Crippen LogP contribution in [0.3, 0.4) is 0 Å². The van der Waals surface area contributed by atoms with E-state index in [-0.39, 0.29) is 5.82 Å². The van der Waals surface area contributed by atoms with Crippen molar-refractivity contribution < 1.29 is 4.39 Å². The van der Waals surface area contributed by atoms with E-state index < -0.39 is 0 Å². The molecule has 2 aromatic carbocycles. The number of benzene rings is 2. The van der Waals surface area contributed by atoms with Gasteiger partial charge in [-0.1, -0.05) is 23.7 Å². The molecule has 0 fully saturated rings. The normalized spacial score (nSPS) is 10.0. The molecular formula is C15H12ClFN2. The second-order valence-electron chi connectivity index (χ2n) is 4.23. The molecule has 0 spiro atoms. The number of hydrogen-bond acceptors (Lipinski definition) is 2. The molecule has 0 aromatic heterocycles. The maximum Gasteiger partial charge on any atom is 0.124 e. The zero-order valence-electron chi connectivity index (χ0n) is 10.4. The number of nitriles is 1. The van der Waals surface area contributed by atoms with Gasteiger partial charge in [-0.25, -0.2) is 4.39 Å². The molecule has 0 bridgehead atoms. The molecule has 2 nitrogen and oxygen atoms in total. The van der Waals surface area contributed by atoms with Crippen LogP contribution in [0, 0.1) is 24.1 Å². The van der Waals surface area contributed by atoms with Crippen molar-refractivity contribution in [2.24, 2.45) is 0 Å². The van der Waals surface area contributed by atoms with E-state index in [1.807, 2.05) is 13.0 Å². The van der Waals surface area contributed by atoms with Crippen molar-refractivity contribution in [2.45, 2.75) is 13.5 Å². The Morgan fingerprint density at radius 2 is 2.05 bits per heavy atom. The van der Waals surface area contributed by atoms with Crippen LogP contribution >= 0.6 is 11.6 Å². The number of anilines is 1. The molecule has 19 heavy (non-hydrogen) atoms. The smallest absolute Gasteiger partial charge is 0.124 e. The van der Waals surface area contributed by atoms with Gasteiger partial charge in [0, 0.05) is 17.3 Å². The minimum Gasteiger partial charge on any atom is -0.381 e. The summed E-state index contributed by atoms with van der Waals surface area (Å²) < 4.78 is 12.9. The third-order valence-electron chi connectivity index (χ3n) is 2.85. The van der Waals surface area contributed by atoms with Crippen LogP contribution in [0.5, 0.6) is 0 Å². The summed E-state index contributed by atoms with van der Waals surface area (Å²) in [7, 11) is 0. The van der Waals surface area contributed by atoms with Crippen LogP contribution < -0.4 is 5.32 Å². The fraction of sp³-hybridized carbons (Fsp3) is 0.133. The van der Waals surface area contributed by atoms with E-state index in [0.29, 0.717) is 17.1 Å². The molecule has 4 heteroatoms. The summed E-state index contributed by atoms with van der Waals surface area (Å²) >= 11 is 5.96. The largest absolute Gasteiger partial charge is 0.381 e. The maximum atomic E-state index is 12.9. The molecule has 0 saturated carbocycles. The zero-order valence-corrected chi connectivity index (χ0v) is 11.1. The Bertz CT molecular complexity index is 647. The number of nitrogens with one attached hydrogen (secondary N) is 1. The number of halogens is 2. The SMILES string of the molecule is Cc1ccc(C#N)cc1NCc1ccc(F)cc1Cl. The van der Waals surface area contributed by atoms with Crippen LogP contribution in [-0.2, 0) is 6.54 Å². The zero-order chi connectivity index (χ0) is 13.8. The quantitative estimate of drug-likeness (QED) is 0.907. The second-order valence-corrected chi connectivity index (χ2v) is 4.64. The lowest BCUT2D eigenvalue weighted by Gasteiger charge is -2.11. The third-order valence-corrected chi connectivity index (χ3v) is 3.20. The van der Waals surface area contributed by atoms with Gasteiger partial charge in [-0.2, -0.15) is 5.26 Å². The van der Waals surface area contributed by atoms with E-state index in [1.54, 1.807) is 18.2 Å². The number of hydrogen-bond donors (Lipinski definition) is 1. The van der Waals surface area contributed by atoms with Crippen LogP contribution in [-0.4, -0.2) is 0 Å². The van der Waals surface area contributed by atoms with Crippen LogP contribution in [0.1, 0.15) is 16.7 Å². The molecule has 0 saturated heterocycles. The Hall–Kier alpha value is -2.05. The van der Waals surface area contributed by atoms with Gasteiger partial charge in [-0.3, -0.25) is 0 Å². The first-order valence-corrected chi connectivity index (χ1v) is 6.16. The second kappa shape index (κ2) is 5.73. The van der Waals surface area contributed by atoms with Gasteiger partial charge in [0.15, 0.2) is 0 Å². The summed E-state index contributed by atoms with van der Waals surface area (Å²) in [5.41, 5.74) is 3.32. The average Bonchev–Trinajstić information content (AvgIpc) is 2.39. The highest BCUT2D eigenvalue weighted by molar-refractivity contribution is 6.31. The summed E-state index contributed by atoms with van der Waals surface area (Å²) in [5.74, 6) is -0.351. The molecule has 0 unspecified atom stereocenters. The fourth-order valence-corrected chi connectivity index (χ4v) is 1.97. The molecule has 2 aromatic rings. The maximum absolute atomic E-state index is 12.9. The summed E-state index contributed by atoms with van der Waals surface area (Å²) in [5, 5.41) is 12.5. The first-order valence-electron chi connectivity index (χ1n) is 5.78. The molecule has 0 radical (unpaired) electrons. The van der Waals surface area contributed by atoms with E-state index >= 15 is 0 Å². The van der Waals surface area contributed by atoms with Crippen molar-refractivity contribution >= 4 is 17.3 Å². The molecule has 96 valence electrons. The molecular weight excluding hydrogens is 263 g/mol. The molecule has 2 rings (SSSR count). The highest BCUT2D eigenvalue weighted by Crippen LogP contribution is 2.21. The van der Waals surface area contributed by atoms with Crippen molar-refractivity contribution in [3.63, 3.8) is 0 Å². The topological polar surface area (TPSA) is 35.8 Å². The molecule has 0 atom stereocenters. The third kappa shape index (κ3) is 3.24. The first-order chi connectivity index (χ1) is 9.10. The Kier molecular flexibility index (Phi) is 4.03. The predicted octanol–water partition coefficient (Wildman–Crippen LogP) is 4.27. The Morgan fingerprint density at radius 1 is 1.26 bits per heavy atom. The van der Waals surface area contributed by atoms with Gasteiger partial charge in [-0.15, -0.1) is 0 Å². The number of rotatable bonds is 3. The van der Waals surface area contributed by atoms with Crippen LogP contribution in [0.25, 0.3) is 0 Å². The van der Waals surface area contributed by atoms with Crippen LogP contribution in [0.4, 0.5) is 10.1 Å². The van der Waals surface area contributed by atoms with E-state index in [1.165, 1.54) is 12.1 Å². The van der Waals surface area contributed by atoms with Crippen molar-refractivity contribution in [3.05, 3.63) is 63.9 Å². The molecule has 0 aliphatic rings. The van der Waals surface area contributed by atoms with Crippen LogP contribution in [0.15, 0.2) is 36.4 Å². The van der Waals surface area contributed by atoms with E-state index in [4.69, 9.17) is 16.9 Å². The molecule has 0 amide bonds. The van der Waals surface area contributed by atoms with Gasteiger partial charge in [0.2, 0.25) is 0 Å². The lowest BCUT2D eigenvalue weighted by Crippen LogP contribution is -2.02. The van der Waals surface area contributed by atoms with E-state index in [0.717, 1.165) is 16.8 Å². The van der Waals surface area contributed by atoms with Gasteiger partial charge in [0.25, 0.3) is 0 Å². The minimum absolute atomic E-state index is 0.351. The van der Waals surface area contributed by atoms with Gasteiger partial charge < -0.3 is 5.32 Å². The number of aryl methyl sites for hydroxylation is 1. The van der Waals surface area contributed by atoms with Crippen LogP contribution in [0.2, 0.25) is 5.02 Å². The molecule has 0 aliphatic heterocycles. The Labute approximate surface area is 116 Å². The standard InChI is InChI=1S/C15H12ClFN2/c1-10-2-3-11(8-18)6-15(10)19-9-12-4-5-13(17)7-14(12)16/h2-7,19H,9H2,1H3. The minimum atomic E-state index is -0.351.